The Morgan fingerprint density at radius 1 is 1.53 bits per heavy atom. The molecule has 0 saturated heterocycles. The molecule has 2 atom stereocenters. The van der Waals surface area contributed by atoms with Crippen molar-refractivity contribution in [1.29, 1.82) is 0 Å². The summed E-state index contributed by atoms with van der Waals surface area (Å²) >= 11 is 0. The van der Waals surface area contributed by atoms with Gasteiger partial charge in [0, 0.05) is 12.1 Å². The van der Waals surface area contributed by atoms with Crippen LogP contribution in [0.3, 0.4) is 0 Å². The summed E-state index contributed by atoms with van der Waals surface area (Å²) in [6.07, 6.45) is 4.75. The maximum atomic E-state index is 4.66. The minimum absolute atomic E-state index is 0.534. The van der Waals surface area contributed by atoms with Crippen molar-refractivity contribution < 1.29 is 0 Å². The fourth-order valence-corrected chi connectivity index (χ4v) is 2.29. The lowest BCUT2D eigenvalue weighted by molar-refractivity contribution is 0.411. The number of aromatic nitrogens is 2. The average molecular weight is 207 g/mol. The second kappa shape index (κ2) is 4.25. The quantitative estimate of drug-likeness (QED) is 0.825. The molecule has 0 amide bonds. The first-order valence-corrected chi connectivity index (χ1v) is 6.05. The number of unbranched alkanes of at least 4 members (excludes halogenated alkanes) is 1. The van der Waals surface area contributed by atoms with Crippen LogP contribution in [0.15, 0.2) is 6.07 Å². The van der Waals surface area contributed by atoms with Crippen molar-refractivity contribution in [3.8, 4) is 0 Å². The van der Waals surface area contributed by atoms with Gasteiger partial charge in [-0.3, -0.25) is 0 Å². The van der Waals surface area contributed by atoms with E-state index in [2.05, 4.69) is 41.9 Å². The first-order valence-electron chi connectivity index (χ1n) is 6.05. The minimum atomic E-state index is 0.534. The molecule has 84 valence electrons. The van der Waals surface area contributed by atoms with E-state index in [-0.39, 0.29) is 0 Å². The standard InChI is InChI=1S/C12H21N3/c1-4-5-6-11-8-12-13-9(2)7-10(3)15(12)14-11/h8-10,13H,4-7H2,1-3H3. The summed E-state index contributed by atoms with van der Waals surface area (Å²) in [6.45, 7) is 6.70. The fourth-order valence-electron chi connectivity index (χ4n) is 2.29. The Kier molecular flexibility index (Phi) is 2.98. The molecule has 0 fully saturated rings. The molecule has 0 bridgehead atoms. The Balaban J connectivity index is 2.15. The highest BCUT2D eigenvalue weighted by Gasteiger charge is 2.21. The van der Waals surface area contributed by atoms with Crippen molar-refractivity contribution in [3.63, 3.8) is 0 Å². The van der Waals surface area contributed by atoms with Crippen LogP contribution in [0.2, 0.25) is 0 Å². The number of aryl methyl sites for hydroxylation is 1. The summed E-state index contributed by atoms with van der Waals surface area (Å²) in [6, 6.07) is 3.32. The predicted octanol–water partition coefficient (Wildman–Crippen LogP) is 2.99. The molecule has 2 heterocycles. The molecule has 0 aromatic carbocycles. The Hall–Kier alpha value is -0.990. The number of nitrogens with zero attached hydrogens (tertiary/aromatic N) is 2. The van der Waals surface area contributed by atoms with E-state index in [9.17, 15) is 0 Å². The first-order chi connectivity index (χ1) is 7.20. The number of fused-ring (bicyclic) bond motifs is 1. The minimum Gasteiger partial charge on any atom is -0.368 e. The highest BCUT2D eigenvalue weighted by Crippen LogP contribution is 2.27. The second-order valence-electron chi connectivity index (χ2n) is 4.70. The molecule has 1 N–H and O–H groups in total. The third kappa shape index (κ3) is 2.16. The maximum Gasteiger partial charge on any atom is 0.125 e. The molecule has 0 radical (unpaired) electrons. The van der Waals surface area contributed by atoms with E-state index in [0.717, 1.165) is 6.42 Å². The molecule has 0 aliphatic carbocycles. The zero-order valence-electron chi connectivity index (χ0n) is 9.95. The van der Waals surface area contributed by atoms with Crippen molar-refractivity contribution in [2.24, 2.45) is 0 Å². The Labute approximate surface area is 91.9 Å². The number of anilines is 1. The fraction of sp³-hybridized carbons (Fsp3) is 0.750. The molecule has 1 aliphatic heterocycles. The van der Waals surface area contributed by atoms with Gasteiger partial charge >= 0.3 is 0 Å². The largest absolute Gasteiger partial charge is 0.368 e. The van der Waals surface area contributed by atoms with Crippen molar-refractivity contribution in [3.05, 3.63) is 11.8 Å². The maximum absolute atomic E-state index is 4.66. The van der Waals surface area contributed by atoms with Gasteiger partial charge in [0.2, 0.25) is 0 Å². The van der Waals surface area contributed by atoms with Crippen LogP contribution in [0.25, 0.3) is 0 Å². The molecule has 2 unspecified atom stereocenters. The zero-order valence-corrected chi connectivity index (χ0v) is 9.95. The normalized spacial score (nSPS) is 24.7. The third-order valence-corrected chi connectivity index (χ3v) is 3.08. The van der Waals surface area contributed by atoms with E-state index in [4.69, 9.17) is 0 Å². The average Bonchev–Trinajstić information content (AvgIpc) is 2.57. The van der Waals surface area contributed by atoms with Gasteiger partial charge in [-0.15, -0.1) is 0 Å². The second-order valence-corrected chi connectivity index (χ2v) is 4.70. The summed E-state index contributed by atoms with van der Waals surface area (Å²) in [4.78, 5) is 0. The molecule has 1 aromatic rings. The van der Waals surface area contributed by atoms with Crippen molar-refractivity contribution in [2.75, 3.05) is 5.32 Å². The lowest BCUT2D eigenvalue weighted by atomic mass is 10.1. The topological polar surface area (TPSA) is 29.9 Å². The number of nitrogens with one attached hydrogen (secondary N) is 1. The Morgan fingerprint density at radius 2 is 2.33 bits per heavy atom. The smallest absolute Gasteiger partial charge is 0.125 e. The van der Waals surface area contributed by atoms with Crippen LogP contribution in [-0.2, 0) is 6.42 Å². The summed E-state index contributed by atoms with van der Waals surface area (Å²) < 4.78 is 2.14. The predicted molar refractivity (Wildman–Crippen MR) is 63.3 cm³/mol. The van der Waals surface area contributed by atoms with E-state index in [1.54, 1.807) is 0 Å². The van der Waals surface area contributed by atoms with Crippen molar-refractivity contribution in [2.45, 2.75) is 58.5 Å². The molecule has 0 spiro atoms. The molecule has 0 saturated carbocycles. The van der Waals surface area contributed by atoms with Crippen LogP contribution < -0.4 is 5.32 Å². The molecular weight excluding hydrogens is 186 g/mol. The third-order valence-electron chi connectivity index (χ3n) is 3.08. The van der Waals surface area contributed by atoms with Crippen LogP contribution in [-0.4, -0.2) is 15.8 Å². The lowest BCUT2D eigenvalue weighted by Crippen LogP contribution is -2.28. The van der Waals surface area contributed by atoms with Gasteiger partial charge in [-0.25, -0.2) is 4.68 Å². The van der Waals surface area contributed by atoms with Gasteiger partial charge in [0.1, 0.15) is 5.82 Å². The van der Waals surface area contributed by atoms with Crippen LogP contribution in [0.5, 0.6) is 0 Å². The highest BCUT2D eigenvalue weighted by atomic mass is 15.4. The van der Waals surface area contributed by atoms with E-state index in [0.29, 0.717) is 12.1 Å². The summed E-state index contributed by atoms with van der Waals surface area (Å²) in [5.74, 6) is 1.20. The van der Waals surface area contributed by atoms with Gasteiger partial charge in [-0.1, -0.05) is 13.3 Å². The summed E-state index contributed by atoms with van der Waals surface area (Å²) in [7, 11) is 0. The number of rotatable bonds is 3. The van der Waals surface area contributed by atoms with Crippen LogP contribution in [0.1, 0.15) is 51.8 Å². The Morgan fingerprint density at radius 3 is 3.07 bits per heavy atom. The Bertz CT molecular complexity index is 330. The van der Waals surface area contributed by atoms with E-state index >= 15 is 0 Å². The monoisotopic (exact) mass is 207 g/mol. The number of hydrogen-bond donors (Lipinski definition) is 1. The van der Waals surface area contributed by atoms with Gasteiger partial charge in [0.15, 0.2) is 0 Å². The summed E-state index contributed by atoms with van der Waals surface area (Å²) in [5, 5.41) is 8.15. The number of hydrogen-bond acceptors (Lipinski definition) is 2. The van der Waals surface area contributed by atoms with Crippen LogP contribution >= 0.6 is 0 Å². The molecule has 2 rings (SSSR count). The van der Waals surface area contributed by atoms with Gasteiger partial charge < -0.3 is 5.32 Å². The zero-order chi connectivity index (χ0) is 10.8. The SMILES string of the molecule is CCCCc1cc2n(n1)C(C)CC(C)N2. The van der Waals surface area contributed by atoms with Gasteiger partial charge in [0.05, 0.1) is 11.7 Å². The van der Waals surface area contributed by atoms with Crippen molar-refractivity contribution >= 4 is 5.82 Å². The molecule has 3 heteroatoms. The van der Waals surface area contributed by atoms with E-state index in [1.807, 2.05) is 0 Å². The van der Waals surface area contributed by atoms with Crippen LogP contribution in [0.4, 0.5) is 5.82 Å². The van der Waals surface area contributed by atoms with Gasteiger partial charge in [0.25, 0.3) is 0 Å². The molecule has 15 heavy (non-hydrogen) atoms. The molecule has 1 aliphatic rings. The first kappa shape index (κ1) is 10.5. The van der Waals surface area contributed by atoms with Crippen LogP contribution in [0, 0.1) is 0 Å². The molecule has 3 nitrogen and oxygen atoms in total. The molecule has 1 aromatic heterocycles. The van der Waals surface area contributed by atoms with Crippen molar-refractivity contribution in [1.82, 2.24) is 9.78 Å². The van der Waals surface area contributed by atoms with Gasteiger partial charge in [-0.2, -0.15) is 5.10 Å². The lowest BCUT2D eigenvalue weighted by Gasteiger charge is -2.27. The molecular formula is C12H21N3. The van der Waals surface area contributed by atoms with E-state index in [1.165, 1.54) is 30.8 Å². The summed E-state index contributed by atoms with van der Waals surface area (Å²) in [5.41, 5.74) is 1.24. The van der Waals surface area contributed by atoms with E-state index < -0.39 is 0 Å². The highest BCUT2D eigenvalue weighted by molar-refractivity contribution is 5.40. The van der Waals surface area contributed by atoms with Gasteiger partial charge in [-0.05, 0) is 33.1 Å².